The Hall–Kier alpha value is -5.52. The van der Waals surface area contributed by atoms with Gasteiger partial charge in [-0.1, -0.05) is 16.9 Å². The molecule has 0 radical (unpaired) electrons. The SMILES string of the molecule is CC(=O)Oc1ccc(-c2nc(SCC3=C(C(=O)O)N4C(=O)[C@@H](NC(=O)C(=NOC(C)(C)C(=O)O)c5csc(N)n5)[C@@H]4SC3)sc2CC(=O)O)cc1OC(C)=O. The summed E-state index contributed by atoms with van der Waals surface area (Å²) in [6.45, 7) is 4.75. The second-order valence-corrected chi connectivity index (χ2v) is 16.3. The molecule has 0 aliphatic carbocycles. The van der Waals surface area contributed by atoms with E-state index < -0.39 is 70.8 Å². The number of nitrogens with one attached hydrogen (secondary N) is 1. The number of nitrogen functional groups attached to an aromatic ring is 1. The number of β-lactam (4-membered cyclic amide) rings is 1. The molecular formula is C32H30N6O13S4. The number of amides is 2. The third kappa shape index (κ3) is 9.24. The topological polar surface area (TPSA) is 287 Å². The van der Waals surface area contributed by atoms with Crippen LogP contribution < -0.4 is 20.5 Å². The minimum atomic E-state index is -1.82. The summed E-state index contributed by atoms with van der Waals surface area (Å²) >= 11 is 4.34. The van der Waals surface area contributed by atoms with E-state index in [-0.39, 0.29) is 45.2 Å². The number of esters is 2. The number of nitrogens with zero attached hydrogens (tertiary/aromatic N) is 4. The van der Waals surface area contributed by atoms with Gasteiger partial charge in [-0.05, 0) is 37.6 Å². The molecule has 290 valence electrons. The number of anilines is 1. The number of fused-ring (bicyclic) bond motifs is 1. The van der Waals surface area contributed by atoms with Crippen LogP contribution in [0.1, 0.15) is 38.3 Å². The van der Waals surface area contributed by atoms with E-state index in [2.05, 4.69) is 20.4 Å². The molecule has 6 N–H and O–H groups in total. The third-order valence-electron chi connectivity index (χ3n) is 7.48. The van der Waals surface area contributed by atoms with Gasteiger partial charge in [-0.25, -0.2) is 19.6 Å². The van der Waals surface area contributed by atoms with Crippen molar-refractivity contribution >= 4 is 98.7 Å². The van der Waals surface area contributed by atoms with Gasteiger partial charge in [0, 0.05) is 41.2 Å². The third-order valence-corrected chi connectivity index (χ3v) is 11.8. The summed E-state index contributed by atoms with van der Waals surface area (Å²) in [6, 6.07) is 3.09. The van der Waals surface area contributed by atoms with E-state index in [1.807, 2.05) is 0 Å². The largest absolute Gasteiger partial charge is 0.481 e. The lowest BCUT2D eigenvalue weighted by Crippen LogP contribution is -2.71. The monoisotopic (exact) mass is 834 g/mol. The molecular weight excluding hydrogens is 805 g/mol. The van der Waals surface area contributed by atoms with Gasteiger partial charge in [0.2, 0.25) is 5.60 Å². The van der Waals surface area contributed by atoms with Gasteiger partial charge in [-0.15, -0.1) is 34.4 Å². The zero-order valence-corrected chi connectivity index (χ0v) is 32.3. The van der Waals surface area contributed by atoms with Crippen molar-refractivity contribution in [3.05, 3.63) is 45.4 Å². The van der Waals surface area contributed by atoms with E-state index in [0.717, 1.165) is 46.3 Å². The van der Waals surface area contributed by atoms with Crippen molar-refractivity contribution in [2.75, 3.05) is 17.2 Å². The number of oxime groups is 1. The number of nitrogens with two attached hydrogens (primary N) is 1. The number of rotatable bonds is 15. The molecule has 3 aromatic rings. The Morgan fingerprint density at radius 2 is 1.76 bits per heavy atom. The maximum absolute atomic E-state index is 13.4. The van der Waals surface area contributed by atoms with Gasteiger partial charge in [-0.2, -0.15) is 0 Å². The molecule has 4 heterocycles. The summed E-state index contributed by atoms with van der Waals surface area (Å²) < 4.78 is 10.7. The van der Waals surface area contributed by atoms with Crippen LogP contribution in [0.4, 0.5) is 5.13 Å². The van der Waals surface area contributed by atoms with Crippen LogP contribution in [0.3, 0.4) is 0 Å². The molecule has 19 nitrogen and oxygen atoms in total. The van der Waals surface area contributed by atoms with Crippen LogP contribution in [0.2, 0.25) is 0 Å². The summed E-state index contributed by atoms with van der Waals surface area (Å²) in [4.78, 5) is 101. The number of thiazole rings is 2. The molecule has 5 rings (SSSR count). The molecule has 2 aliphatic rings. The van der Waals surface area contributed by atoms with Gasteiger partial charge in [-0.3, -0.25) is 28.9 Å². The highest BCUT2D eigenvalue weighted by molar-refractivity contribution is 8.01. The van der Waals surface area contributed by atoms with Crippen molar-refractivity contribution in [3.63, 3.8) is 0 Å². The van der Waals surface area contributed by atoms with Crippen molar-refractivity contribution < 1.29 is 63.2 Å². The number of hydrogen-bond acceptors (Lipinski definition) is 18. The summed E-state index contributed by atoms with van der Waals surface area (Å²) in [7, 11) is 0. The zero-order chi connectivity index (χ0) is 40.4. The highest BCUT2D eigenvalue weighted by atomic mass is 32.2. The first-order valence-electron chi connectivity index (χ1n) is 15.6. The van der Waals surface area contributed by atoms with Crippen molar-refractivity contribution in [3.8, 4) is 22.8 Å². The van der Waals surface area contributed by atoms with E-state index in [1.54, 1.807) is 0 Å². The smallest absolute Gasteiger partial charge is 0.352 e. The Morgan fingerprint density at radius 1 is 1.07 bits per heavy atom. The molecule has 2 aromatic heterocycles. The van der Waals surface area contributed by atoms with E-state index in [9.17, 15) is 48.9 Å². The van der Waals surface area contributed by atoms with Crippen LogP contribution in [0.15, 0.2) is 44.3 Å². The average Bonchev–Trinajstić information content (AvgIpc) is 3.71. The highest BCUT2D eigenvalue weighted by Crippen LogP contribution is 2.43. The van der Waals surface area contributed by atoms with Crippen molar-refractivity contribution in [1.82, 2.24) is 20.2 Å². The first-order chi connectivity index (χ1) is 25.9. The molecule has 1 saturated heterocycles. The molecule has 0 unspecified atom stereocenters. The number of carbonyl (C=O) groups is 7. The average molecular weight is 835 g/mol. The van der Waals surface area contributed by atoms with Crippen molar-refractivity contribution in [2.45, 2.75) is 55.5 Å². The second-order valence-electron chi connectivity index (χ2n) is 12.0. The Bertz CT molecular complexity index is 2180. The minimum absolute atomic E-state index is 0.0350. The van der Waals surface area contributed by atoms with Crippen LogP contribution in [-0.4, -0.2) is 106 Å². The number of aromatic nitrogens is 2. The Balaban J connectivity index is 1.36. The molecule has 2 amide bonds. The predicted octanol–water partition coefficient (Wildman–Crippen LogP) is 2.44. The number of carboxylic acids is 3. The fourth-order valence-electron chi connectivity index (χ4n) is 4.96. The second kappa shape index (κ2) is 16.5. The van der Waals surface area contributed by atoms with Gasteiger partial charge in [0.25, 0.3) is 11.8 Å². The van der Waals surface area contributed by atoms with E-state index in [4.69, 9.17) is 20.0 Å². The Kier molecular flexibility index (Phi) is 12.2. The summed E-state index contributed by atoms with van der Waals surface area (Å²) in [5, 5.41) is 36.1. The lowest BCUT2D eigenvalue weighted by atomic mass is 10.0. The highest BCUT2D eigenvalue weighted by Gasteiger charge is 2.54. The fourth-order valence-corrected chi connectivity index (χ4v) is 9.19. The summed E-state index contributed by atoms with van der Waals surface area (Å²) in [6.07, 6.45) is -0.413. The normalized spacial score (nSPS) is 16.8. The number of benzene rings is 1. The quantitative estimate of drug-likeness (QED) is 0.0367. The number of thioether (sulfide) groups is 2. The lowest BCUT2D eigenvalue weighted by Gasteiger charge is -2.49. The molecule has 0 bridgehead atoms. The molecule has 1 aromatic carbocycles. The van der Waals surface area contributed by atoms with E-state index in [1.165, 1.54) is 56.1 Å². The van der Waals surface area contributed by atoms with Gasteiger partial charge in [0.15, 0.2) is 26.7 Å². The van der Waals surface area contributed by atoms with Crippen LogP contribution in [0.5, 0.6) is 11.5 Å². The molecule has 23 heteroatoms. The van der Waals surface area contributed by atoms with Crippen LogP contribution in [0, 0.1) is 0 Å². The van der Waals surface area contributed by atoms with E-state index >= 15 is 0 Å². The number of hydrogen-bond donors (Lipinski definition) is 5. The first-order valence-corrected chi connectivity index (χ1v) is 19.4. The lowest BCUT2D eigenvalue weighted by molar-refractivity contribution is -0.161. The number of carbonyl (C=O) groups excluding carboxylic acids is 4. The maximum atomic E-state index is 13.4. The summed E-state index contributed by atoms with van der Waals surface area (Å²) in [5.74, 6) is -6.86. The fraction of sp³-hybridized carbons (Fsp3) is 0.312. The first kappa shape index (κ1) is 40.7. The van der Waals surface area contributed by atoms with Gasteiger partial charge >= 0.3 is 29.8 Å². The van der Waals surface area contributed by atoms with Crippen molar-refractivity contribution in [1.29, 1.82) is 0 Å². The number of aliphatic carboxylic acids is 3. The van der Waals surface area contributed by atoms with Crippen LogP contribution in [0.25, 0.3) is 11.3 Å². The van der Waals surface area contributed by atoms with Crippen LogP contribution in [-0.2, 0) is 44.8 Å². The Labute approximate surface area is 326 Å². The van der Waals surface area contributed by atoms with Crippen LogP contribution >= 0.6 is 46.2 Å². The molecule has 2 aliphatic heterocycles. The zero-order valence-electron chi connectivity index (χ0n) is 29.0. The number of ether oxygens (including phenoxy) is 2. The molecule has 0 saturated carbocycles. The standard InChI is InChI=1S/C32H30N6O13S4/c1-12(39)49-17-6-5-14(7-18(17)50-13(2)40)21-19(8-20(41)42)55-31(36-21)54-10-15-9-52-27-23(26(44)38(27)24(15)28(45)46)35-25(43)22(16-11-53-30(33)34-16)37-51-32(3,4)29(47)48/h5-7,11,23,27H,8-10H2,1-4H3,(H2,33,34)(H,35,43)(H,41,42)(H,45,46)(H,47,48)/t23-,27+/m1/s1. The van der Waals surface area contributed by atoms with E-state index in [0.29, 0.717) is 20.4 Å². The minimum Gasteiger partial charge on any atom is -0.481 e. The Morgan fingerprint density at radius 3 is 2.36 bits per heavy atom. The molecule has 2 atom stereocenters. The van der Waals surface area contributed by atoms with Gasteiger partial charge in [0.05, 0.1) is 12.1 Å². The van der Waals surface area contributed by atoms with Crippen molar-refractivity contribution in [2.24, 2.45) is 5.16 Å². The predicted molar refractivity (Wildman–Crippen MR) is 198 cm³/mol. The molecule has 55 heavy (non-hydrogen) atoms. The summed E-state index contributed by atoms with van der Waals surface area (Å²) in [5.41, 5.74) is 4.09. The molecule has 0 spiro atoms. The van der Waals surface area contributed by atoms with Gasteiger partial charge in [0.1, 0.15) is 22.8 Å². The molecule has 1 fully saturated rings. The maximum Gasteiger partial charge on any atom is 0.352 e. The van der Waals surface area contributed by atoms with Gasteiger partial charge < -0.3 is 40.7 Å². The number of carboxylic acid groups (broad SMARTS) is 3.